The predicted molar refractivity (Wildman–Crippen MR) is 60.3 cm³/mol. The van der Waals surface area contributed by atoms with Crippen molar-refractivity contribution in [3.63, 3.8) is 0 Å². The monoisotopic (exact) mass is 189 g/mol. The summed E-state index contributed by atoms with van der Waals surface area (Å²) in [6.07, 6.45) is 1.11. The molecule has 1 aliphatic carbocycles. The second-order valence-electron chi connectivity index (χ2n) is 4.92. The first-order valence-corrected chi connectivity index (χ1v) is 5.41. The first-order chi connectivity index (χ1) is 6.57. The van der Waals surface area contributed by atoms with Crippen LogP contribution < -0.4 is 5.73 Å². The number of aryl methyl sites for hydroxylation is 1. The summed E-state index contributed by atoms with van der Waals surface area (Å²) in [6, 6.07) is 9.19. The van der Waals surface area contributed by atoms with Gasteiger partial charge in [0.1, 0.15) is 0 Å². The maximum atomic E-state index is 6.07. The summed E-state index contributed by atoms with van der Waals surface area (Å²) in [7, 11) is 0. The summed E-state index contributed by atoms with van der Waals surface area (Å²) >= 11 is 0. The van der Waals surface area contributed by atoms with E-state index in [1.807, 2.05) is 0 Å². The van der Waals surface area contributed by atoms with Gasteiger partial charge in [-0.25, -0.2) is 0 Å². The Labute approximate surface area is 86.3 Å². The van der Waals surface area contributed by atoms with Crippen LogP contribution in [0.25, 0.3) is 0 Å². The molecule has 14 heavy (non-hydrogen) atoms. The highest BCUT2D eigenvalue weighted by Gasteiger charge is 2.55. The molecule has 0 amide bonds. The molecule has 1 aromatic carbocycles. The zero-order chi connectivity index (χ0) is 10.3. The topological polar surface area (TPSA) is 26.0 Å². The van der Waals surface area contributed by atoms with Gasteiger partial charge < -0.3 is 5.73 Å². The van der Waals surface area contributed by atoms with Gasteiger partial charge in [0.2, 0.25) is 0 Å². The van der Waals surface area contributed by atoms with E-state index in [9.17, 15) is 0 Å². The zero-order valence-electron chi connectivity index (χ0n) is 9.25. The molecule has 0 radical (unpaired) electrons. The Bertz CT molecular complexity index is 341. The number of hydrogen-bond donors (Lipinski definition) is 1. The van der Waals surface area contributed by atoms with Crippen molar-refractivity contribution in [1.82, 2.24) is 0 Å². The molecule has 1 aliphatic rings. The van der Waals surface area contributed by atoms with Crippen LogP contribution in [0.1, 0.15) is 37.8 Å². The van der Waals surface area contributed by atoms with Crippen molar-refractivity contribution in [2.45, 2.75) is 39.2 Å². The highest BCUT2D eigenvalue weighted by atomic mass is 14.8. The van der Waals surface area contributed by atoms with Crippen molar-refractivity contribution in [3.05, 3.63) is 35.4 Å². The van der Waals surface area contributed by atoms with E-state index in [2.05, 4.69) is 45.0 Å². The van der Waals surface area contributed by atoms with E-state index in [1.165, 1.54) is 11.1 Å². The van der Waals surface area contributed by atoms with E-state index in [-0.39, 0.29) is 0 Å². The Kier molecular flexibility index (Phi) is 2.15. The molecule has 2 N–H and O–H groups in total. The molecule has 0 heterocycles. The number of benzene rings is 1. The van der Waals surface area contributed by atoms with Crippen molar-refractivity contribution >= 4 is 0 Å². The SMILES string of the molecule is CCc1cccc(C2C(N)C2(C)C)c1. The average Bonchev–Trinajstić information content (AvgIpc) is 2.66. The van der Waals surface area contributed by atoms with Gasteiger partial charge in [-0.1, -0.05) is 45.0 Å². The van der Waals surface area contributed by atoms with Crippen LogP contribution in [-0.2, 0) is 6.42 Å². The molecular formula is C13H19N. The van der Waals surface area contributed by atoms with Crippen LogP contribution >= 0.6 is 0 Å². The van der Waals surface area contributed by atoms with E-state index in [0.717, 1.165) is 6.42 Å². The minimum atomic E-state index is 0.298. The van der Waals surface area contributed by atoms with Gasteiger partial charge >= 0.3 is 0 Å². The van der Waals surface area contributed by atoms with Gasteiger partial charge in [0.15, 0.2) is 0 Å². The van der Waals surface area contributed by atoms with Crippen LogP contribution in [0.3, 0.4) is 0 Å². The third-order valence-electron chi connectivity index (χ3n) is 3.63. The molecule has 0 aliphatic heterocycles. The van der Waals surface area contributed by atoms with Gasteiger partial charge in [0.25, 0.3) is 0 Å². The summed E-state index contributed by atoms with van der Waals surface area (Å²) in [6.45, 7) is 6.69. The minimum Gasteiger partial charge on any atom is -0.327 e. The second-order valence-corrected chi connectivity index (χ2v) is 4.92. The fraction of sp³-hybridized carbons (Fsp3) is 0.538. The lowest BCUT2D eigenvalue weighted by Gasteiger charge is -2.04. The molecule has 0 bridgehead atoms. The third kappa shape index (κ3) is 1.36. The standard InChI is InChI=1S/C13H19N/c1-4-9-6-5-7-10(8-9)11-12(14)13(11,2)3/h5-8,11-12H,4,14H2,1-3H3. The largest absolute Gasteiger partial charge is 0.327 e. The van der Waals surface area contributed by atoms with Crippen LogP contribution in [0.5, 0.6) is 0 Å². The van der Waals surface area contributed by atoms with Gasteiger partial charge in [0.05, 0.1) is 0 Å². The van der Waals surface area contributed by atoms with Crippen LogP contribution in [0.2, 0.25) is 0 Å². The van der Waals surface area contributed by atoms with Crippen LogP contribution in [0, 0.1) is 5.41 Å². The molecule has 2 atom stereocenters. The summed E-state index contributed by atoms with van der Waals surface area (Å²) in [5.41, 5.74) is 9.20. The van der Waals surface area contributed by atoms with Gasteiger partial charge in [-0.3, -0.25) is 0 Å². The molecular weight excluding hydrogens is 170 g/mol. The van der Waals surface area contributed by atoms with Gasteiger partial charge in [0, 0.05) is 12.0 Å². The van der Waals surface area contributed by atoms with Gasteiger partial charge in [-0.2, -0.15) is 0 Å². The quantitative estimate of drug-likeness (QED) is 0.760. The highest BCUT2D eigenvalue weighted by Crippen LogP contribution is 2.57. The molecule has 0 spiro atoms. The fourth-order valence-electron chi connectivity index (χ4n) is 2.32. The number of nitrogens with two attached hydrogens (primary N) is 1. The molecule has 1 nitrogen and oxygen atoms in total. The lowest BCUT2D eigenvalue weighted by Crippen LogP contribution is -2.06. The normalized spacial score (nSPS) is 28.9. The van der Waals surface area contributed by atoms with E-state index in [1.54, 1.807) is 0 Å². The average molecular weight is 189 g/mol. The lowest BCUT2D eigenvalue weighted by atomic mass is 10.0. The molecule has 1 aromatic rings. The molecule has 0 saturated heterocycles. The Hall–Kier alpha value is -0.820. The Morgan fingerprint density at radius 1 is 1.36 bits per heavy atom. The smallest absolute Gasteiger partial charge is 0.0172 e. The maximum Gasteiger partial charge on any atom is 0.0172 e. The Balaban J connectivity index is 2.26. The summed E-state index contributed by atoms with van der Waals surface area (Å²) < 4.78 is 0. The molecule has 2 unspecified atom stereocenters. The number of hydrogen-bond acceptors (Lipinski definition) is 1. The van der Waals surface area contributed by atoms with E-state index >= 15 is 0 Å². The summed E-state index contributed by atoms with van der Waals surface area (Å²) in [5, 5.41) is 0. The second kappa shape index (κ2) is 3.09. The Morgan fingerprint density at radius 2 is 2.00 bits per heavy atom. The third-order valence-corrected chi connectivity index (χ3v) is 3.63. The van der Waals surface area contributed by atoms with Crippen molar-refractivity contribution in [3.8, 4) is 0 Å². The van der Waals surface area contributed by atoms with Crippen molar-refractivity contribution in [2.24, 2.45) is 11.1 Å². The van der Waals surface area contributed by atoms with E-state index in [4.69, 9.17) is 5.73 Å². The fourth-order valence-corrected chi connectivity index (χ4v) is 2.32. The van der Waals surface area contributed by atoms with Gasteiger partial charge in [-0.15, -0.1) is 0 Å². The van der Waals surface area contributed by atoms with Gasteiger partial charge in [-0.05, 0) is 23.0 Å². The Morgan fingerprint density at radius 3 is 2.50 bits per heavy atom. The summed E-state index contributed by atoms with van der Waals surface area (Å²) in [5.74, 6) is 0.564. The first kappa shape index (κ1) is 9.72. The maximum absolute atomic E-state index is 6.07. The first-order valence-electron chi connectivity index (χ1n) is 5.41. The van der Waals surface area contributed by atoms with Crippen LogP contribution in [0.4, 0.5) is 0 Å². The summed E-state index contributed by atoms with van der Waals surface area (Å²) in [4.78, 5) is 0. The predicted octanol–water partition coefficient (Wildman–Crippen LogP) is 2.70. The molecule has 2 rings (SSSR count). The van der Waals surface area contributed by atoms with Crippen molar-refractivity contribution in [1.29, 1.82) is 0 Å². The molecule has 0 aromatic heterocycles. The van der Waals surface area contributed by atoms with E-state index < -0.39 is 0 Å². The highest BCUT2D eigenvalue weighted by molar-refractivity contribution is 5.36. The zero-order valence-corrected chi connectivity index (χ0v) is 9.25. The van der Waals surface area contributed by atoms with Crippen LogP contribution in [-0.4, -0.2) is 6.04 Å². The van der Waals surface area contributed by atoms with Crippen LogP contribution in [0.15, 0.2) is 24.3 Å². The lowest BCUT2D eigenvalue weighted by molar-refractivity contribution is 0.599. The minimum absolute atomic E-state index is 0.298. The number of rotatable bonds is 2. The molecule has 1 fully saturated rings. The van der Waals surface area contributed by atoms with Crippen molar-refractivity contribution < 1.29 is 0 Å². The molecule has 1 heteroatoms. The molecule has 1 saturated carbocycles. The van der Waals surface area contributed by atoms with E-state index in [0.29, 0.717) is 17.4 Å². The van der Waals surface area contributed by atoms with Crippen molar-refractivity contribution in [2.75, 3.05) is 0 Å². The molecule has 76 valence electrons.